The number of hydrogen-bond donors (Lipinski definition) is 0. The standard InChI is InChI=1S/C20H26N4O3/c1-23-18(4-9-22-23)19(25)24-14-20(15-24)12-16(6-11-27-20)5-10-26-13-17-2-7-21-8-3-17/h2-4,7-9,16H,5-6,10-15H2,1H3/t16-/m1/s1. The van der Waals surface area contributed by atoms with Crippen LogP contribution in [0.5, 0.6) is 0 Å². The Balaban J connectivity index is 1.22. The van der Waals surface area contributed by atoms with Crippen LogP contribution in [-0.4, -0.2) is 57.5 Å². The largest absolute Gasteiger partial charge is 0.377 e. The van der Waals surface area contributed by atoms with Gasteiger partial charge in [-0.2, -0.15) is 5.10 Å². The molecule has 0 saturated carbocycles. The molecule has 0 N–H and O–H groups in total. The maximum absolute atomic E-state index is 12.5. The van der Waals surface area contributed by atoms with Crippen LogP contribution in [0.2, 0.25) is 0 Å². The molecule has 4 heterocycles. The van der Waals surface area contributed by atoms with Gasteiger partial charge in [0.25, 0.3) is 5.91 Å². The molecule has 0 radical (unpaired) electrons. The Morgan fingerprint density at radius 2 is 2.11 bits per heavy atom. The number of pyridine rings is 1. The fourth-order valence-corrected chi connectivity index (χ4v) is 4.05. The maximum Gasteiger partial charge on any atom is 0.272 e. The van der Waals surface area contributed by atoms with E-state index in [0.717, 1.165) is 38.0 Å². The minimum Gasteiger partial charge on any atom is -0.377 e. The smallest absolute Gasteiger partial charge is 0.272 e. The normalized spacial score (nSPS) is 21.2. The minimum atomic E-state index is -0.164. The zero-order valence-electron chi connectivity index (χ0n) is 15.7. The van der Waals surface area contributed by atoms with Crippen LogP contribution in [0.3, 0.4) is 0 Å². The quantitative estimate of drug-likeness (QED) is 0.728. The lowest BCUT2D eigenvalue weighted by molar-refractivity contribution is -0.167. The number of ether oxygens (including phenoxy) is 2. The summed E-state index contributed by atoms with van der Waals surface area (Å²) in [6.07, 6.45) is 8.33. The van der Waals surface area contributed by atoms with Crippen molar-refractivity contribution in [2.45, 2.75) is 31.5 Å². The molecule has 7 heteroatoms. The summed E-state index contributed by atoms with van der Waals surface area (Å²) >= 11 is 0. The molecule has 1 spiro atoms. The average Bonchev–Trinajstić information content (AvgIpc) is 3.10. The summed E-state index contributed by atoms with van der Waals surface area (Å²) in [7, 11) is 1.79. The van der Waals surface area contributed by atoms with Crippen LogP contribution in [0.25, 0.3) is 0 Å². The molecule has 1 amide bonds. The van der Waals surface area contributed by atoms with Crippen molar-refractivity contribution in [3.8, 4) is 0 Å². The number of nitrogens with zero attached hydrogens (tertiary/aromatic N) is 4. The molecular formula is C20H26N4O3. The van der Waals surface area contributed by atoms with Crippen LogP contribution in [0.15, 0.2) is 36.8 Å². The van der Waals surface area contributed by atoms with E-state index in [1.54, 1.807) is 36.4 Å². The third-order valence-electron chi connectivity index (χ3n) is 5.57. The van der Waals surface area contributed by atoms with E-state index >= 15 is 0 Å². The van der Waals surface area contributed by atoms with Crippen molar-refractivity contribution >= 4 is 5.91 Å². The second kappa shape index (κ2) is 7.78. The zero-order chi connectivity index (χ0) is 18.7. The lowest BCUT2D eigenvalue weighted by atomic mass is 9.79. The van der Waals surface area contributed by atoms with E-state index in [0.29, 0.717) is 31.3 Å². The van der Waals surface area contributed by atoms with Crippen LogP contribution < -0.4 is 0 Å². The summed E-state index contributed by atoms with van der Waals surface area (Å²) in [6, 6.07) is 5.72. The number of amides is 1. The maximum atomic E-state index is 12.5. The Kier molecular flexibility index (Phi) is 5.22. The highest BCUT2D eigenvalue weighted by atomic mass is 16.5. The second-order valence-electron chi connectivity index (χ2n) is 7.59. The molecule has 27 heavy (non-hydrogen) atoms. The molecule has 0 bridgehead atoms. The lowest BCUT2D eigenvalue weighted by Crippen LogP contribution is -2.66. The highest BCUT2D eigenvalue weighted by Crippen LogP contribution is 2.38. The average molecular weight is 370 g/mol. The molecule has 2 fully saturated rings. The van der Waals surface area contributed by atoms with Gasteiger partial charge in [0.15, 0.2) is 0 Å². The molecule has 2 aliphatic rings. The van der Waals surface area contributed by atoms with Gasteiger partial charge in [-0.05, 0) is 48.9 Å². The van der Waals surface area contributed by atoms with E-state index in [-0.39, 0.29) is 11.5 Å². The summed E-state index contributed by atoms with van der Waals surface area (Å²) in [4.78, 5) is 18.4. The Morgan fingerprint density at radius 3 is 2.85 bits per heavy atom. The predicted octanol–water partition coefficient (Wildman–Crippen LogP) is 2.04. The molecule has 4 rings (SSSR count). The summed E-state index contributed by atoms with van der Waals surface area (Å²) in [5.41, 5.74) is 1.61. The Labute approximate surface area is 159 Å². The number of carbonyl (C=O) groups excluding carboxylic acids is 1. The summed E-state index contributed by atoms with van der Waals surface area (Å²) in [5, 5.41) is 4.08. The molecule has 144 valence electrons. The molecule has 0 aromatic carbocycles. The van der Waals surface area contributed by atoms with Crippen molar-refractivity contribution in [1.29, 1.82) is 0 Å². The topological polar surface area (TPSA) is 69.5 Å². The third kappa shape index (κ3) is 4.04. The lowest BCUT2D eigenvalue weighted by Gasteiger charge is -2.53. The van der Waals surface area contributed by atoms with Gasteiger partial charge in [0.05, 0.1) is 19.7 Å². The molecule has 7 nitrogen and oxygen atoms in total. The first-order chi connectivity index (χ1) is 13.2. The number of likely N-dealkylation sites (tertiary alicyclic amines) is 1. The van der Waals surface area contributed by atoms with Crippen molar-refractivity contribution in [3.05, 3.63) is 48.0 Å². The van der Waals surface area contributed by atoms with Gasteiger partial charge in [0.2, 0.25) is 0 Å². The molecule has 0 unspecified atom stereocenters. The minimum absolute atomic E-state index is 0.0343. The van der Waals surface area contributed by atoms with E-state index in [2.05, 4.69) is 10.1 Å². The first-order valence-corrected chi connectivity index (χ1v) is 9.53. The van der Waals surface area contributed by atoms with Gasteiger partial charge in [0.1, 0.15) is 11.3 Å². The molecule has 2 saturated heterocycles. The van der Waals surface area contributed by atoms with Gasteiger partial charge in [-0.3, -0.25) is 14.5 Å². The summed E-state index contributed by atoms with van der Waals surface area (Å²) in [6.45, 7) is 3.49. The van der Waals surface area contributed by atoms with Crippen molar-refractivity contribution in [2.75, 3.05) is 26.3 Å². The second-order valence-corrected chi connectivity index (χ2v) is 7.59. The monoisotopic (exact) mass is 370 g/mol. The highest BCUT2D eigenvalue weighted by Gasteiger charge is 2.49. The van der Waals surface area contributed by atoms with Gasteiger partial charge in [0, 0.05) is 38.9 Å². The third-order valence-corrected chi connectivity index (χ3v) is 5.57. The van der Waals surface area contributed by atoms with Gasteiger partial charge in [-0.15, -0.1) is 0 Å². The van der Waals surface area contributed by atoms with Crippen LogP contribution in [0.1, 0.15) is 35.3 Å². The Bertz CT molecular complexity index is 771. The van der Waals surface area contributed by atoms with Crippen molar-refractivity contribution in [2.24, 2.45) is 13.0 Å². The number of aromatic nitrogens is 3. The van der Waals surface area contributed by atoms with Crippen LogP contribution in [0, 0.1) is 5.92 Å². The van der Waals surface area contributed by atoms with E-state index < -0.39 is 0 Å². The molecule has 2 aromatic rings. The summed E-state index contributed by atoms with van der Waals surface area (Å²) < 4.78 is 13.5. The van der Waals surface area contributed by atoms with E-state index in [9.17, 15) is 4.79 Å². The van der Waals surface area contributed by atoms with Crippen molar-refractivity contribution in [1.82, 2.24) is 19.7 Å². The molecule has 0 aliphatic carbocycles. The molecule has 2 aromatic heterocycles. The zero-order valence-corrected chi connectivity index (χ0v) is 15.7. The molecule has 1 atom stereocenters. The van der Waals surface area contributed by atoms with Crippen molar-refractivity contribution in [3.63, 3.8) is 0 Å². The van der Waals surface area contributed by atoms with Crippen LogP contribution >= 0.6 is 0 Å². The Hall–Kier alpha value is -2.25. The Morgan fingerprint density at radius 1 is 1.30 bits per heavy atom. The van der Waals surface area contributed by atoms with Gasteiger partial charge >= 0.3 is 0 Å². The summed E-state index contributed by atoms with van der Waals surface area (Å²) in [5.74, 6) is 0.622. The van der Waals surface area contributed by atoms with Gasteiger partial charge in [-0.1, -0.05) is 0 Å². The number of hydrogen-bond acceptors (Lipinski definition) is 5. The van der Waals surface area contributed by atoms with E-state index in [1.165, 1.54) is 0 Å². The SMILES string of the molecule is Cn1nccc1C(=O)N1CC2(C[C@H](CCOCc3ccncc3)CCO2)C1. The number of carbonyl (C=O) groups is 1. The van der Waals surface area contributed by atoms with Crippen LogP contribution in [0.4, 0.5) is 0 Å². The van der Waals surface area contributed by atoms with Crippen molar-refractivity contribution < 1.29 is 14.3 Å². The first kappa shape index (κ1) is 18.1. The predicted molar refractivity (Wildman–Crippen MR) is 99.0 cm³/mol. The van der Waals surface area contributed by atoms with E-state index in [4.69, 9.17) is 9.47 Å². The van der Waals surface area contributed by atoms with Gasteiger partial charge in [-0.25, -0.2) is 0 Å². The fraction of sp³-hybridized carbons (Fsp3) is 0.550. The van der Waals surface area contributed by atoms with Crippen LogP contribution in [-0.2, 0) is 23.1 Å². The highest BCUT2D eigenvalue weighted by molar-refractivity contribution is 5.93. The first-order valence-electron chi connectivity index (χ1n) is 9.53. The van der Waals surface area contributed by atoms with Gasteiger partial charge < -0.3 is 14.4 Å². The van der Waals surface area contributed by atoms with E-state index in [1.807, 2.05) is 17.0 Å². The fourth-order valence-electron chi connectivity index (χ4n) is 4.05. The molecule has 2 aliphatic heterocycles. The number of rotatable bonds is 6. The molecular weight excluding hydrogens is 344 g/mol. The number of aryl methyl sites for hydroxylation is 1.